The Morgan fingerprint density at radius 3 is 2.61 bits per heavy atom. The number of hydrogen-bond donors (Lipinski definition) is 5. The predicted octanol–water partition coefficient (Wildman–Crippen LogP) is -0.213. The van der Waals surface area contributed by atoms with Crippen LogP contribution in [0.4, 0.5) is 0 Å². The van der Waals surface area contributed by atoms with Gasteiger partial charge in [0.1, 0.15) is 24.4 Å². The van der Waals surface area contributed by atoms with E-state index in [1.54, 1.807) is 0 Å². The molecule has 2 fully saturated rings. The molecule has 10 atom stereocenters. The first kappa shape index (κ1) is 24.3. The van der Waals surface area contributed by atoms with E-state index in [2.05, 4.69) is 12.2 Å². The van der Waals surface area contributed by atoms with Crippen molar-refractivity contribution in [1.82, 2.24) is 0 Å². The molecule has 0 radical (unpaired) electrons. The van der Waals surface area contributed by atoms with Gasteiger partial charge in [-0.1, -0.05) is 12.2 Å². The summed E-state index contributed by atoms with van der Waals surface area (Å²) in [5.74, 6) is -0.709. The number of hydrogen-bond acceptors (Lipinski definition) is 9. The number of carbonyl (C=O) groups excluding carboxylic acids is 1. The van der Waals surface area contributed by atoms with Crippen LogP contribution in [0.5, 0.6) is 0 Å². The third-order valence-corrected chi connectivity index (χ3v) is 6.35. The molecule has 9 heteroatoms. The van der Waals surface area contributed by atoms with Crippen LogP contribution < -0.4 is 0 Å². The number of ether oxygens (including phenoxy) is 3. The predicted molar refractivity (Wildman–Crippen MR) is 109 cm³/mol. The Hall–Kier alpha value is -1.33. The smallest absolute Gasteiger partial charge is 0.330 e. The number of fused-ring (bicyclic) bond motifs is 1. The summed E-state index contributed by atoms with van der Waals surface area (Å²) in [5, 5.41) is 50.1. The molecule has 176 valence electrons. The van der Waals surface area contributed by atoms with E-state index in [0.717, 1.165) is 19.3 Å². The van der Waals surface area contributed by atoms with Crippen LogP contribution in [0.15, 0.2) is 24.3 Å². The average Bonchev–Trinajstić information content (AvgIpc) is 3.14. The number of allylic oxidation sites excluding steroid dienone is 2. The van der Waals surface area contributed by atoms with Crippen molar-refractivity contribution in [2.24, 2.45) is 11.8 Å². The molecule has 1 saturated carbocycles. The highest BCUT2D eigenvalue weighted by atomic mass is 16.7. The van der Waals surface area contributed by atoms with E-state index in [1.165, 1.54) is 12.2 Å². The van der Waals surface area contributed by atoms with Gasteiger partial charge in [0.05, 0.1) is 24.9 Å². The van der Waals surface area contributed by atoms with Crippen LogP contribution in [0, 0.1) is 11.8 Å². The van der Waals surface area contributed by atoms with Crippen LogP contribution in [0.25, 0.3) is 0 Å². The van der Waals surface area contributed by atoms with Crippen LogP contribution in [-0.4, -0.2) is 87.1 Å². The lowest BCUT2D eigenvalue weighted by Gasteiger charge is -2.40. The summed E-state index contributed by atoms with van der Waals surface area (Å²) in [6.07, 6.45) is 2.16. The number of carbonyl (C=O) groups is 1. The molecule has 0 spiro atoms. The van der Waals surface area contributed by atoms with E-state index in [-0.39, 0.29) is 24.0 Å². The fourth-order valence-electron chi connectivity index (χ4n) is 4.56. The SMILES string of the molecule is C[C@H]1CCC/C=C/[C@@H]2C[C@H](O[C@@H]3O[C@H](CO)[C@H](O)[C@H](O)[C@H]3O)C[C@H]2[C@H](O)/C=C/C(=O)O1. The van der Waals surface area contributed by atoms with Gasteiger partial charge in [-0.25, -0.2) is 4.79 Å². The lowest BCUT2D eigenvalue weighted by atomic mass is 9.90. The lowest BCUT2D eigenvalue weighted by Crippen LogP contribution is -2.59. The fourth-order valence-corrected chi connectivity index (χ4v) is 4.56. The Bertz CT molecular complexity index is 649. The first-order valence-corrected chi connectivity index (χ1v) is 11.0. The number of aliphatic hydroxyl groups excluding tert-OH is 5. The van der Waals surface area contributed by atoms with Crippen LogP contribution in [0.3, 0.4) is 0 Å². The number of rotatable bonds is 3. The summed E-state index contributed by atoms with van der Waals surface area (Å²) in [5.41, 5.74) is 0. The van der Waals surface area contributed by atoms with Crippen molar-refractivity contribution >= 4 is 5.97 Å². The van der Waals surface area contributed by atoms with Gasteiger partial charge in [-0.3, -0.25) is 0 Å². The van der Waals surface area contributed by atoms with Crippen LogP contribution in [-0.2, 0) is 19.0 Å². The van der Waals surface area contributed by atoms with Crippen LogP contribution in [0.1, 0.15) is 39.0 Å². The van der Waals surface area contributed by atoms with Crippen molar-refractivity contribution < 1.29 is 44.5 Å². The second kappa shape index (κ2) is 11.0. The van der Waals surface area contributed by atoms with E-state index in [9.17, 15) is 30.3 Å². The number of aliphatic hydroxyl groups is 5. The molecule has 5 N–H and O–H groups in total. The quantitative estimate of drug-likeness (QED) is 0.296. The number of esters is 1. The molecule has 0 bridgehead atoms. The summed E-state index contributed by atoms with van der Waals surface area (Å²) in [7, 11) is 0. The molecule has 2 heterocycles. The number of cyclic esters (lactones) is 1. The highest BCUT2D eigenvalue weighted by molar-refractivity contribution is 5.82. The fraction of sp³-hybridized carbons (Fsp3) is 0.773. The van der Waals surface area contributed by atoms with Gasteiger partial charge in [-0.05, 0) is 56.9 Å². The summed E-state index contributed by atoms with van der Waals surface area (Å²) >= 11 is 0. The van der Waals surface area contributed by atoms with E-state index < -0.39 is 49.4 Å². The second-order valence-corrected chi connectivity index (χ2v) is 8.71. The molecule has 9 nitrogen and oxygen atoms in total. The third-order valence-electron chi connectivity index (χ3n) is 6.35. The van der Waals surface area contributed by atoms with Gasteiger partial charge in [0.15, 0.2) is 6.29 Å². The van der Waals surface area contributed by atoms with Crippen molar-refractivity contribution in [2.45, 2.75) is 88.0 Å². The zero-order valence-electron chi connectivity index (χ0n) is 17.7. The highest BCUT2D eigenvalue weighted by Gasteiger charge is 2.46. The molecule has 1 aliphatic carbocycles. The van der Waals surface area contributed by atoms with Gasteiger partial charge in [0.25, 0.3) is 0 Å². The molecule has 3 aliphatic rings. The zero-order valence-corrected chi connectivity index (χ0v) is 17.7. The Morgan fingerprint density at radius 2 is 1.87 bits per heavy atom. The third kappa shape index (κ3) is 6.13. The summed E-state index contributed by atoms with van der Waals surface area (Å²) in [6, 6.07) is 0. The van der Waals surface area contributed by atoms with Crippen molar-refractivity contribution in [2.75, 3.05) is 6.61 Å². The molecule has 3 rings (SSSR count). The maximum Gasteiger partial charge on any atom is 0.330 e. The van der Waals surface area contributed by atoms with E-state index in [4.69, 9.17) is 14.2 Å². The maximum absolute atomic E-state index is 11.9. The Kier molecular flexibility index (Phi) is 8.63. The molecule has 0 aromatic carbocycles. The molecule has 0 unspecified atom stereocenters. The van der Waals surface area contributed by atoms with Gasteiger partial charge < -0.3 is 39.7 Å². The minimum absolute atomic E-state index is 0.0104. The van der Waals surface area contributed by atoms with Gasteiger partial charge in [0.2, 0.25) is 0 Å². The Balaban J connectivity index is 1.69. The van der Waals surface area contributed by atoms with Crippen molar-refractivity contribution in [3.05, 3.63) is 24.3 Å². The van der Waals surface area contributed by atoms with Gasteiger partial charge in [0, 0.05) is 6.08 Å². The lowest BCUT2D eigenvalue weighted by molar-refractivity contribution is -0.311. The second-order valence-electron chi connectivity index (χ2n) is 8.71. The van der Waals surface area contributed by atoms with Gasteiger partial charge >= 0.3 is 5.97 Å². The van der Waals surface area contributed by atoms with E-state index in [1.807, 2.05) is 6.92 Å². The van der Waals surface area contributed by atoms with Gasteiger partial charge in [-0.15, -0.1) is 0 Å². The Morgan fingerprint density at radius 1 is 1.10 bits per heavy atom. The molecule has 1 saturated heterocycles. The largest absolute Gasteiger partial charge is 0.460 e. The first-order valence-electron chi connectivity index (χ1n) is 11.0. The summed E-state index contributed by atoms with van der Waals surface area (Å²) in [6.45, 7) is 1.32. The van der Waals surface area contributed by atoms with E-state index in [0.29, 0.717) is 12.8 Å². The molecular weight excluding hydrogens is 408 g/mol. The maximum atomic E-state index is 11.9. The standard InChI is InChI=1S/C22H34O9/c1-12-5-3-2-4-6-13-9-14(10-15(13)16(24)7-8-18(25)29-12)30-22-21(28)20(27)19(26)17(11-23)31-22/h4,6-8,12-17,19-24,26-28H,2-3,5,9-11H2,1H3/b6-4+,8-7+/t12-,13+,14-,15+,16+,17+,19-,20-,21+,22+/m0/s1. The molecule has 0 aromatic rings. The molecular formula is C22H34O9. The van der Waals surface area contributed by atoms with Crippen LogP contribution in [0.2, 0.25) is 0 Å². The zero-order chi connectivity index (χ0) is 22.5. The minimum atomic E-state index is -1.50. The molecule has 0 amide bonds. The first-order chi connectivity index (χ1) is 14.8. The average molecular weight is 443 g/mol. The van der Waals surface area contributed by atoms with Crippen LogP contribution >= 0.6 is 0 Å². The Labute approximate surface area is 181 Å². The molecule has 0 aromatic heterocycles. The molecule has 31 heavy (non-hydrogen) atoms. The highest BCUT2D eigenvalue weighted by Crippen LogP contribution is 2.39. The molecule has 2 aliphatic heterocycles. The van der Waals surface area contributed by atoms with Gasteiger partial charge in [-0.2, -0.15) is 0 Å². The normalized spacial score (nSPS) is 46.7. The van der Waals surface area contributed by atoms with E-state index >= 15 is 0 Å². The van der Waals surface area contributed by atoms with Crippen molar-refractivity contribution in [3.63, 3.8) is 0 Å². The minimum Gasteiger partial charge on any atom is -0.460 e. The monoisotopic (exact) mass is 442 g/mol. The topological polar surface area (TPSA) is 146 Å². The van der Waals surface area contributed by atoms with Crippen molar-refractivity contribution in [1.29, 1.82) is 0 Å². The summed E-state index contributed by atoms with van der Waals surface area (Å²) in [4.78, 5) is 11.9. The summed E-state index contributed by atoms with van der Waals surface area (Å²) < 4.78 is 16.6. The van der Waals surface area contributed by atoms with Crippen molar-refractivity contribution in [3.8, 4) is 0 Å².